The average Bonchev–Trinajstić information content (AvgIpc) is 3.18. The second-order valence-corrected chi connectivity index (χ2v) is 8.17. The Labute approximate surface area is 130 Å². The fourth-order valence-corrected chi connectivity index (χ4v) is 5.92. The molecular weight excluding hydrogens is 310 g/mol. The highest BCUT2D eigenvalue weighted by Gasteiger charge is 2.31. The number of aromatic nitrogens is 2. The van der Waals surface area contributed by atoms with E-state index in [-0.39, 0.29) is 6.04 Å². The molecule has 0 amide bonds. The van der Waals surface area contributed by atoms with E-state index in [0.29, 0.717) is 16.4 Å². The zero-order valence-corrected chi connectivity index (χ0v) is 13.6. The Bertz CT molecular complexity index is 543. The molecule has 2 aromatic heterocycles. The van der Waals surface area contributed by atoms with Gasteiger partial charge in [-0.15, -0.1) is 23.1 Å². The zero-order chi connectivity index (χ0) is 13.9. The standard InChI is InChI=1S/C13H17N3OS3/c1-2-8-11(20-7-6-19-8)12-15-13(17-16-12)10(14)9-4-3-5-18-9/h3-5,8,10-11H,2,6-7,14H2,1H3. The number of thioether (sulfide) groups is 2. The first-order valence-electron chi connectivity index (χ1n) is 6.65. The molecule has 0 aliphatic carbocycles. The normalized spacial score (nSPS) is 24.7. The van der Waals surface area contributed by atoms with E-state index in [1.54, 1.807) is 11.3 Å². The van der Waals surface area contributed by atoms with Gasteiger partial charge in [0, 0.05) is 21.6 Å². The van der Waals surface area contributed by atoms with Crippen molar-refractivity contribution in [3.05, 3.63) is 34.1 Å². The maximum absolute atomic E-state index is 6.17. The van der Waals surface area contributed by atoms with E-state index in [1.165, 1.54) is 5.75 Å². The fourth-order valence-electron chi connectivity index (χ4n) is 2.22. The van der Waals surface area contributed by atoms with Crippen molar-refractivity contribution in [3.63, 3.8) is 0 Å². The van der Waals surface area contributed by atoms with Crippen molar-refractivity contribution in [1.82, 2.24) is 10.1 Å². The van der Waals surface area contributed by atoms with Crippen molar-refractivity contribution < 1.29 is 4.52 Å². The summed E-state index contributed by atoms with van der Waals surface area (Å²) in [7, 11) is 0. The van der Waals surface area contributed by atoms with Crippen LogP contribution in [-0.4, -0.2) is 26.9 Å². The molecule has 0 aromatic carbocycles. The molecule has 1 aliphatic heterocycles. The number of hydrogen-bond acceptors (Lipinski definition) is 7. The van der Waals surface area contributed by atoms with Crippen molar-refractivity contribution in [3.8, 4) is 0 Å². The summed E-state index contributed by atoms with van der Waals surface area (Å²) in [5.74, 6) is 3.68. The van der Waals surface area contributed by atoms with E-state index >= 15 is 0 Å². The Balaban J connectivity index is 1.79. The Kier molecular flexibility index (Phi) is 4.70. The lowest BCUT2D eigenvalue weighted by molar-refractivity contribution is 0.363. The Morgan fingerprint density at radius 1 is 1.45 bits per heavy atom. The molecule has 0 bridgehead atoms. The van der Waals surface area contributed by atoms with Gasteiger partial charge in [0.2, 0.25) is 5.89 Å². The van der Waals surface area contributed by atoms with Crippen LogP contribution in [-0.2, 0) is 0 Å². The smallest absolute Gasteiger partial charge is 0.249 e. The zero-order valence-electron chi connectivity index (χ0n) is 11.2. The monoisotopic (exact) mass is 327 g/mol. The summed E-state index contributed by atoms with van der Waals surface area (Å²) < 4.78 is 5.39. The largest absolute Gasteiger partial charge is 0.337 e. The highest BCUT2D eigenvalue weighted by Crippen LogP contribution is 2.43. The van der Waals surface area contributed by atoms with E-state index < -0.39 is 0 Å². The second kappa shape index (κ2) is 6.51. The van der Waals surface area contributed by atoms with Crippen LogP contribution in [0.5, 0.6) is 0 Å². The number of nitrogens with two attached hydrogens (primary N) is 1. The van der Waals surface area contributed by atoms with Gasteiger partial charge in [0.1, 0.15) is 6.04 Å². The molecule has 0 saturated carbocycles. The molecular formula is C13H17N3OS3. The third-order valence-electron chi connectivity index (χ3n) is 3.28. The molecule has 7 heteroatoms. The van der Waals surface area contributed by atoms with Crippen LogP contribution in [0.15, 0.2) is 22.0 Å². The minimum atomic E-state index is -0.308. The quantitative estimate of drug-likeness (QED) is 0.927. The summed E-state index contributed by atoms with van der Waals surface area (Å²) in [6.45, 7) is 2.22. The van der Waals surface area contributed by atoms with E-state index in [9.17, 15) is 0 Å². The maximum atomic E-state index is 6.17. The summed E-state index contributed by atoms with van der Waals surface area (Å²) in [5.41, 5.74) is 6.17. The van der Waals surface area contributed by atoms with Crippen LogP contribution in [0.4, 0.5) is 0 Å². The predicted molar refractivity (Wildman–Crippen MR) is 86.4 cm³/mol. The van der Waals surface area contributed by atoms with Crippen LogP contribution >= 0.6 is 34.9 Å². The van der Waals surface area contributed by atoms with Crippen LogP contribution in [0.25, 0.3) is 0 Å². The molecule has 20 heavy (non-hydrogen) atoms. The molecule has 0 radical (unpaired) electrons. The van der Waals surface area contributed by atoms with Gasteiger partial charge in [0.15, 0.2) is 5.82 Å². The third kappa shape index (κ3) is 2.90. The van der Waals surface area contributed by atoms with Crippen LogP contribution in [0.3, 0.4) is 0 Å². The van der Waals surface area contributed by atoms with Gasteiger partial charge >= 0.3 is 0 Å². The summed E-state index contributed by atoms with van der Waals surface area (Å²) in [4.78, 5) is 5.61. The number of hydrogen-bond donors (Lipinski definition) is 1. The summed E-state index contributed by atoms with van der Waals surface area (Å²) in [5, 5.41) is 7.07. The van der Waals surface area contributed by atoms with E-state index in [2.05, 4.69) is 17.1 Å². The van der Waals surface area contributed by atoms with Gasteiger partial charge in [-0.05, 0) is 17.9 Å². The van der Waals surface area contributed by atoms with Crippen molar-refractivity contribution in [2.75, 3.05) is 11.5 Å². The third-order valence-corrected chi connectivity index (χ3v) is 7.48. The average molecular weight is 328 g/mol. The lowest BCUT2D eigenvalue weighted by Crippen LogP contribution is -2.19. The van der Waals surface area contributed by atoms with E-state index in [4.69, 9.17) is 10.3 Å². The second-order valence-electron chi connectivity index (χ2n) is 4.59. The first-order chi connectivity index (χ1) is 9.79. The summed E-state index contributed by atoms with van der Waals surface area (Å²) in [6.07, 6.45) is 1.13. The first-order valence-corrected chi connectivity index (χ1v) is 9.63. The molecule has 3 heterocycles. The first kappa shape index (κ1) is 14.4. The molecule has 3 rings (SSSR count). The highest BCUT2D eigenvalue weighted by molar-refractivity contribution is 8.06. The topological polar surface area (TPSA) is 64.9 Å². The number of rotatable bonds is 4. The molecule has 0 spiro atoms. The van der Waals surface area contributed by atoms with Crippen molar-refractivity contribution in [1.29, 1.82) is 0 Å². The van der Waals surface area contributed by atoms with Crippen LogP contribution in [0.1, 0.15) is 41.2 Å². The van der Waals surface area contributed by atoms with Gasteiger partial charge in [0.05, 0.1) is 5.25 Å². The van der Waals surface area contributed by atoms with E-state index in [1.807, 2.05) is 41.0 Å². The van der Waals surface area contributed by atoms with Crippen LogP contribution in [0, 0.1) is 0 Å². The molecule has 1 aliphatic rings. The molecule has 4 nitrogen and oxygen atoms in total. The van der Waals surface area contributed by atoms with Crippen molar-refractivity contribution in [2.24, 2.45) is 5.73 Å². The molecule has 2 N–H and O–H groups in total. The SMILES string of the molecule is CCC1SCCSC1c1noc(C(N)c2cccs2)n1. The fraction of sp³-hybridized carbons (Fsp3) is 0.538. The molecule has 3 atom stereocenters. The maximum Gasteiger partial charge on any atom is 0.249 e. The summed E-state index contributed by atoms with van der Waals surface area (Å²) in [6, 6.07) is 3.68. The van der Waals surface area contributed by atoms with Gasteiger partial charge in [-0.3, -0.25) is 0 Å². The molecule has 1 fully saturated rings. The minimum Gasteiger partial charge on any atom is -0.337 e. The molecule has 3 unspecified atom stereocenters. The molecule has 1 saturated heterocycles. The molecule has 108 valence electrons. The lowest BCUT2D eigenvalue weighted by atomic mass is 10.2. The van der Waals surface area contributed by atoms with Crippen LogP contribution in [0.2, 0.25) is 0 Å². The Hall–Kier alpha value is -0.500. The predicted octanol–water partition coefficient (Wildman–Crippen LogP) is 3.48. The van der Waals surface area contributed by atoms with Crippen molar-refractivity contribution in [2.45, 2.75) is 29.9 Å². The molecule has 2 aromatic rings. The number of nitrogens with zero attached hydrogens (tertiary/aromatic N) is 2. The van der Waals surface area contributed by atoms with Gasteiger partial charge < -0.3 is 10.3 Å². The van der Waals surface area contributed by atoms with E-state index in [0.717, 1.165) is 22.9 Å². The summed E-state index contributed by atoms with van der Waals surface area (Å²) >= 11 is 5.55. The van der Waals surface area contributed by atoms with Crippen LogP contribution < -0.4 is 5.73 Å². The Morgan fingerprint density at radius 3 is 3.05 bits per heavy atom. The van der Waals surface area contributed by atoms with Gasteiger partial charge in [-0.25, -0.2) is 0 Å². The van der Waals surface area contributed by atoms with Gasteiger partial charge in [-0.1, -0.05) is 18.1 Å². The Morgan fingerprint density at radius 2 is 2.30 bits per heavy atom. The lowest BCUT2D eigenvalue weighted by Gasteiger charge is -2.27. The number of thiophene rings is 1. The van der Waals surface area contributed by atoms with Gasteiger partial charge in [0.25, 0.3) is 0 Å². The minimum absolute atomic E-state index is 0.308. The highest BCUT2D eigenvalue weighted by atomic mass is 32.2. The van der Waals surface area contributed by atoms with Gasteiger partial charge in [-0.2, -0.15) is 16.7 Å². The van der Waals surface area contributed by atoms with Crippen molar-refractivity contribution >= 4 is 34.9 Å².